The van der Waals surface area contributed by atoms with Crippen molar-refractivity contribution in [3.8, 4) is 0 Å². The fraction of sp³-hybridized carbons (Fsp3) is 0.471. The molecule has 1 aromatic carbocycles. The van der Waals surface area contributed by atoms with E-state index in [-0.39, 0.29) is 5.92 Å². The van der Waals surface area contributed by atoms with Gasteiger partial charge in [0.05, 0.1) is 11.6 Å². The summed E-state index contributed by atoms with van der Waals surface area (Å²) in [6.45, 7) is 0. The standard InChI is InChI=1S/C17H21NO2/c19-16(12-6-2-1-3-7-12)17(20)14-10-13-8-4-5-9-15(13)18-11-14/h4-5,8-12,16-17,19-20H,1-3,6-7H2. The summed E-state index contributed by atoms with van der Waals surface area (Å²) in [5.41, 5.74) is 1.62. The maximum Gasteiger partial charge on any atom is 0.107 e. The molecule has 2 aromatic rings. The Balaban J connectivity index is 1.81. The van der Waals surface area contributed by atoms with E-state index in [1.165, 1.54) is 6.42 Å². The van der Waals surface area contributed by atoms with Crippen molar-refractivity contribution in [3.63, 3.8) is 0 Å². The lowest BCUT2D eigenvalue weighted by Gasteiger charge is -2.29. The molecule has 3 rings (SSSR count). The van der Waals surface area contributed by atoms with Gasteiger partial charge in [-0.05, 0) is 30.9 Å². The Morgan fingerprint density at radius 2 is 1.80 bits per heavy atom. The van der Waals surface area contributed by atoms with Crippen LogP contribution in [-0.2, 0) is 0 Å². The molecule has 2 N–H and O–H groups in total. The number of aromatic nitrogens is 1. The molecule has 1 fully saturated rings. The molecule has 0 aliphatic heterocycles. The van der Waals surface area contributed by atoms with Gasteiger partial charge in [0.25, 0.3) is 0 Å². The highest BCUT2D eigenvalue weighted by atomic mass is 16.3. The monoisotopic (exact) mass is 271 g/mol. The van der Waals surface area contributed by atoms with Gasteiger partial charge in [0, 0.05) is 17.1 Å². The molecule has 3 nitrogen and oxygen atoms in total. The van der Waals surface area contributed by atoms with Crippen LogP contribution in [0.5, 0.6) is 0 Å². The third kappa shape index (κ3) is 2.69. The van der Waals surface area contributed by atoms with E-state index in [4.69, 9.17) is 0 Å². The van der Waals surface area contributed by atoms with Crippen LogP contribution in [0.1, 0.15) is 43.8 Å². The van der Waals surface area contributed by atoms with Crippen molar-refractivity contribution < 1.29 is 10.2 Å². The van der Waals surface area contributed by atoms with E-state index in [1.807, 2.05) is 30.3 Å². The minimum absolute atomic E-state index is 0.213. The first-order valence-electron chi connectivity index (χ1n) is 7.46. The molecule has 1 heterocycles. The van der Waals surface area contributed by atoms with Gasteiger partial charge in [-0.1, -0.05) is 37.5 Å². The van der Waals surface area contributed by atoms with Crippen LogP contribution in [0.15, 0.2) is 36.5 Å². The van der Waals surface area contributed by atoms with E-state index in [0.29, 0.717) is 5.56 Å². The lowest BCUT2D eigenvalue weighted by molar-refractivity contribution is -0.0286. The van der Waals surface area contributed by atoms with Crippen molar-refractivity contribution in [1.82, 2.24) is 4.98 Å². The maximum atomic E-state index is 10.4. The molecule has 2 unspecified atom stereocenters. The Morgan fingerprint density at radius 3 is 2.60 bits per heavy atom. The predicted molar refractivity (Wildman–Crippen MR) is 79.3 cm³/mol. The molecule has 1 aliphatic carbocycles. The van der Waals surface area contributed by atoms with Crippen molar-refractivity contribution in [2.45, 2.75) is 44.3 Å². The molecule has 20 heavy (non-hydrogen) atoms. The van der Waals surface area contributed by atoms with Crippen LogP contribution in [0.2, 0.25) is 0 Å². The number of rotatable bonds is 3. The van der Waals surface area contributed by atoms with Gasteiger partial charge in [0.1, 0.15) is 6.10 Å². The van der Waals surface area contributed by atoms with E-state index >= 15 is 0 Å². The van der Waals surface area contributed by atoms with Gasteiger partial charge in [-0.2, -0.15) is 0 Å². The third-order valence-electron chi connectivity index (χ3n) is 4.41. The zero-order chi connectivity index (χ0) is 13.9. The molecule has 1 saturated carbocycles. The van der Waals surface area contributed by atoms with Gasteiger partial charge in [0.2, 0.25) is 0 Å². The average molecular weight is 271 g/mol. The van der Waals surface area contributed by atoms with Gasteiger partial charge in [-0.15, -0.1) is 0 Å². The fourth-order valence-electron chi connectivity index (χ4n) is 3.18. The van der Waals surface area contributed by atoms with Crippen molar-refractivity contribution in [3.05, 3.63) is 42.1 Å². The number of aliphatic hydroxyl groups excluding tert-OH is 2. The smallest absolute Gasteiger partial charge is 0.107 e. The Hall–Kier alpha value is -1.45. The summed E-state index contributed by atoms with van der Waals surface area (Å²) >= 11 is 0. The lowest BCUT2D eigenvalue weighted by atomic mass is 9.82. The van der Waals surface area contributed by atoms with Crippen LogP contribution in [0.4, 0.5) is 0 Å². The normalized spacial score (nSPS) is 19.9. The van der Waals surface area contributed by atoms with Crippen molar-refractivity contribution in [2.75, 3.05) is 0 Å². The molecular weight excluding hydrogens is 250 g/mol. The quantitative estimate of drug-likeness (QED) is 0.901. The van der Waals surface area contributed by atoms with Crippen molar-refractivity contribution >= 4 is 10.9 Å². The van der Waals surface area contributed by atoms with Crippen LogP contribution < -0.4 is 0 Å². The van der Waals surface area contributed by atoms with E-state index in [0.717, 1.165) is 36.6 Å². The SMILES string of the molecule is OC(c1cnc2ccccc2c1)C(O)C1CCCCC1. The predicted octanol–water partition coefficient (Wildman–Crippen LogP) is 3.21. The summed E-state index contributed by atoms with van der Waals surface area (Å²) in [5.74, 6) is 0.213. The minimum atomic E-state index is -0.838. The van der Waals surface area contributed by atoms with Gasteiger partial charge in [0.15, 0.2) is 0 Å². The topological polar surface area (TPSA) is 53.4 Å². The number of fused-ring (bicyclic) bond motifs is 1. The van der Waals surface area contributed by atoms with E-state index < -0.39 is 12.2 Å². The number of hydrogen-bond donors (Lipinski definition) is 2. The molecule has 0 radical (unpaired) electrons. The fourth-order valence-corrected chi connectivity index (χ4v) is 3.18. The van der Waals surface area contributed by atoms with Gasteiger partial charge in [-0.25, -0.2) is 0 Å². The third-order valence-corrected chi connectivity index (χ3v) is 4.41. The van der Waals surface area contributed by atoms with E-state index in [2.05, 4.69) is 4.98 Å². The molecule has 0 spiro atoms. The average Bonchev–Trinajstić information content (AvgIpc) is 2.54. The zero-order valence-electron chi connectivity index (χ0n) is 11.6. The van der Waals surface area contributed by atoms with Gasteiger partial charge < -0.3 is 10.2 Å². The molecule has 2 atom stereocenters. The highest BCUT2D eigenvalue weighted by molar-refractivity contribution is 5.78. The van der Waals surface area contributed by atoms with Gasteiger partial charge in [-0.3, -0.25) is 4.98 Å². The van der Waals surface area contributed by atoms with Gasteiger partial charge >= 0.3 is 0 Å². The molecule has 1 aromatic heterocycles. The first-order chi connectivity index (χ1) is 9.75. The number of benzene rings is 1. The Bertz CT molecular complexity index is 578. The number of nitrogens with zero attached hydrogens (tertiary/aromatic N) is 1. The van der Waals surface area contributed by atoms with Crippen LogP contribution in [0, 0.1) is 5.92 Å². The number of para-hydroxylation sites is 1. The zero-order valence-corrected chi connectivity index (χ0v) is 11.6. The summed E-state index contributed by atoms with van der Waals surface area (Å²) in [6, 6.07) is 9.76. The summed E-state index contributed by atoms with van der Waals surface area (Å²) in [5, 5.41) is 21.8. The van der Waals surface area contributed by atoms with Crippen LogP contribution in [0.25, 0.3) is 10.9 Å². The minimum Gasteiger partial charge on any atom is -0.390 e. The van der Waals surface area contributed by atoms with Crippen molar-refractivity contribution in [1.29, 1.82) is 0 Å². The second-order valence-electron chi connectivity index (χ2n) is 5.79. The largest absolute Gasteiger partial charge is 0.390 e. The number of aliphatic hydroxyl groups is 2. The molecule has 0 bridgehead atoms. The summed E-state index contributed by atoms with van der Waals surface area (Å²) in [6.07, 6.45) is 5.75. The summed E-state index contributed by atoms with van der Waals surface area (Å²) in [7, 11) is 0. The van der Waals surface area contributed by atoms with Crippen LogP contribution >= 0.6 is 0 Å². The second-order valence-corrected chi connectivity index (χ2v) is 5.79. The molecule has 1 aliphatic rings. The first kappa shape index (κ1) is 13.5. The molecular formula is C17H21NO2. The van der Waals surface area contributed by atoms with Crippen molar-refractivity contribution in [2.24, 2.45) is 5.92 Å². The Morgan fingerprint density at radius 1 is 1.05 bits per heavy atom. The highest BCUT2D eigenvalue weighted by Crippen LogP contribution is 2.32. The lowest BCUT2D eigenvalue weighted by Crippen LogP contribution is -2.29. The molecule has 106 valence electrons. The van der Waals surface area contributed by atoms with Crippen LogP contribution in [0.3, 0.4) is 0 Å². The van der Waals surface area contributed by atoms with E-state index in [9.17, 15) is 10.2 Å². The molecule has 3 heteroatoms. The first-order valence-corrected chi connectivity index (χ1v) is 7.46. The summed E-state index contributed by atoms with van der Waals surface area (Å²) < 4.78 is 0. The van der Waals surface area contributed by atoms with E-state index in [1.54, 1.807) is 6.20 Å². The second kappa shape index (κ2) is 5.90. The molecule has 0 saturated heterocycles. The number of pyridine rings is 1. The Kier molecular flexibility index (Phi) is 3.99. The van der Waals surface area contributed by atoms with Crippen LogP contribution in [-0.4, -0.2) is 21.3 Å². The summed E-state index contributed by atoms with van der Waals surface area (Å²) in [4.78, 5) is 4.36. The molecule has 0 amide bonds. The highest BCUT2D eigenvalue weighted by Gasteiger charge is 2.28. The Labute approximate surface area is 119 Å². The number of hydrogen-bond acceptors (Lipinski definition) is 3. The maximum absolute atomic E-state index is 10.4.